The number of carbonyl (C=O) groups excluding carboxylic acids is 2. The number of nitrogens with one attached hydrogen (secondary N) is 1. The minimum atomic E-state index is -0.722. The molecular formula is C18H22N2O5S2. The van der Waals surface area contributed by atoms with Gasteiger partial charge in [0.15, 0.2) is 11.5 Å². The Hall–Kier alpha value is -2.13. The zero-order valence-corrected chi connectivity index (χ0v) is 17.0. The molecule has 1 atom stereocenters. The third kappa shape index (κ3) is 6.21. The summed E-state index contributed by atoms with van der Waals surface area (Å²) in [5, 5.41) is 6.39. The molecule has 1 aromatic carbocycles. The van der Waals surface area contributed by atoms with Crippen LogP contribution in [-0.2, 0) is 16.1 Å². The molecule has 1 aromatic heterocycles. The fourth-order valence-corrected chi connectivity index (χ4v) is 3.25. The van der Waals surface area contributed by atoms with Crippen molar-refractivity contribution in [3.05, 3.63) is 41.8 Å². The molecule has 1 amide bonds. The van der Waals surface area contributed by atoms with Gasteiger partial charge in [-0.1, -0.05) is 17.3 Å². The number of nitrogens with zero attached hydrogens (tertiary/aromatic N) is 1. The zero-order chi connectivity index (χ0) is 19.6. The molecule has 0 bridgehead atoms. The number of hydrogen-bond acceptors (Lipinski definition) is 8. The molecule has 1 heterocycles. The minimum Gasteiger partial charge on any atom is -0.484 e. The number of rotatable bonds is 10. The van der Waals surface area contributed by atoms with Gasteiger partial charge in [-0.15, -0.1) is 11.8 Å². The lowest BCUT2D eigenvalue weighted by Gasteiger charge is -2.14. The molecular weight excluding hydrogens is 388 g/mol. The van der Waals surface area contributed by atoms with E-state index in [-0.39, 0.29) is 12.3 Å². The van der Waals surface area contributed by atoms with Crippen LogP contribution < -0.4 is 10.1 Å². The van der Waals surface area contributed by atoms with Crippen LogP contribution >= 0.6 is 23.5 Å². The summed E-state index contributed by atoms with van der Waals surface area (Å²) in [5.74, 6) is 0.876. The fourth-order valence-electron chi connectivity index (χ4n) is 2.23. The van der Waals surface area contributed by atoms with Gasteiger partial charge in [-0.2, -0.15) is 11.8 Å². The van der Waals surface area contributed by atoms with E-state index >= 15 is 0 Å². The van der Waals surface area contributed by atoms with Gasteiger partial charge < -0.3 is 19.3 Å². The second-order valence-electron chi connectivity index (χ2n) is 5.45. The maximum atomic E-state index is 12.3. The summed E-state index contributed by atoms with van der Waals surface area (Å²) in [6, 6.07) is 8.42. The largest absolute Gasteiger partial charge is 0.484 e. The first-order valence-corrected chi connectivity index (χ1v) is 10.8. The number of ether oxygens (including phenoxy) is 2. The summed E-state index contributed by atoms with van der Waals surface area (Å²) in [7, 11) is 1.29. The molecule has 1 N–H and O–H groups in total. The average Bonchev–Trinajstić information content (AvgIpc) is 3.18. The summed E-state index contributed by atoms with van der Waals surface area (Å²) in [6.45, 7) is 0.144. The van der Waals surface area contributed by atoms with Crippen LogP contribution in [0.25, 0.3) is 0 Å². The summed E-state index contributed by atoms with van der Waals surface area (Å²) in [4.78, 5) is 25.1. The van der Waals surface area contributed by atoms with E-state index in [1.54, 1.807) is 23.5 Å². The Balaban J connectivity index is 1.97. The van der Waals surface area contributed by atoms with Crippen molar-refractivity contribution in [3.8, 4) is 5.75 Å². The second-order valence-corrected chi connectivity index (χ2v) is 7.28. The van der Waals surface area contributed by atoms with Crippen LogP contribution in [0.3, 0.4) is 0 Å². The van der Waals surface area contributed by atoms with Crippen molar-refractivity contribution >= 4 is 35.4 Å². The molecule has 2 rings (SSSR count). The SMILES string of the molecule is COC(=O)C(CCSC)NC(=O)c1cc(COc2ccccc2SC)on1. The second kappa shape index (κ2) is 10.9. The monoisotopic (exact) mass is 410 g/mol. The van der Waals surface area contributed by atoms with Crippen molar-refractivity contribution in [2.45, 2.75) is 24.0 Å². The van der Waals surface area contributed by atoms with E-state index in [1.165, 1.54) is 13.2 Å². The number of methoxy groups -OCH3 is 1. The Kier molecular flexibility index (Phi) is 8.53. The van der Waals surface area contributed by atoms with E-state index in [2.05, 4.69) is 10.5 Å². The van der Waals surface area contributed by atoms with Gasteiger partial charge in [-0.3, -0.25) is 4.79 Å². The fraction of sp³-hybridized carbons (Fsp3) is 0.389. The minimum absolute atomic E-state index is 0.0878. The van der Waals surface area contributed by atoms with Crippen LogP contribution in [0.2, 0.25) is 0 Å². The third-order valence-electron chi connectivity index (χ3n) is 3.63. The van der Waals surface area contributed by atoms with Crippen molar-refractivity contribution in [1.82, 2.24) is 10.5 Å². The number of thioether (sulfide) groups is 2. The predicted molar refractivity (Wildman–Crippen MR) is 105 cm³/mol. The van der Waals surface area contributed by atoms with E-state index < -0.39 is 17.9 Å². The molecule has 1 unspecified atom stereocenters. The van der Waals surface area contributed by atoms with Crippen molar-refractivity contribution < 1.29 is 23.6 Å². The molecule has 0 saturated carbocycles. The Morgan fingerprint density at radius 3 is 2.78 bits per heavy atom. The number of amides is 1. The number of hydrogen-bond donors (Lipinski definition) is 1. The Morgan fingerprint density at radius 1 is 1.30 bits per heavy atom. The molecule has 7 nitrogen and oxygen atoms in total. The highest BCUT2D eigenvalue weighted by atomic mass is 32.2. The molecule has 27 heavy (non-hydrogen) atoms. The highest BCUT2D eigenvalue weighted by molar-refractivity contribution is 7.98. The van der Waals surface area contributed by atoms with Crippen LogP contribution in [0.15, 0.2) is 39.8 Å². The van der Waals surface area contributed by atoms with Crippen LogP contribution in [-0.4, -0.2) is 48.4 Å². The molecule has 9 heteroatoms. The quantitative estimate of drug-likeness (QED) is 0.472. The smallest absolute Gasteiger partial charge is 0.328 e. The van der Waals surface area contributed by atoms with E-state index in [0.29, 0.717) is 17.9 Å². The first kappa shape index (κ1) is 21.2. The van der Waals surface area contributed by atoms with E-state index in [1.807, 2.05) is 36.8 Å². The van der Waals surface area contributed by atoms with Gasteiger partial charge in [0, 0.05) is 11.0 Å². The number of aromatic nitrogens is 1. The lowest BCUT2D eigenvalue weighted by Crippen LogP contribution is -2.42. The topological polar surface area (TPSA) is 90.7 Å². The van der Waals surface area contributed by atoms with Gasteiger partial charge in [0.05, 0.1) is 7.11 Å². The Bertz CT molecular complexity index is 766. The standard InChI is InChI=1S/C18H22N2O5S2/c1-23-18(22)13(8-9-26-2)19-17(21)14-10-12(25-20-14)11-24-15-6-4-5-7-16(15)27-3/h4-7,10,13H,8-9,11H2,1-3H3,(H,19,21). The molecule has 0 aliphatic heterocycles. The lowest BCUT2D eigenvalue weighted by atomic mass is 10.2. The molecule has 0 aliphatic carbocycles. The van der Waals surface area contributed by atoms with Gasteiger partial charge in [-0.25, -0.2) is 4.79 Å². The molecule has 0 radical (unpaired) electrons. The first-order valence-electron chi connectivity index (χ1n) is 8.18. The number of carbonyl (C=O) groups is 2. The van der Waals surface area contributed by atoms with E-state index in [0.717, 1.165) is 10.6 Å². The summed E-state index contributed by atoms with van der Waals surface area (Å²) in [5.41, 5.74) is 0.0878. The third-order valence-corrected chi connectivity index (χ3v) is 5.05. The molecule has 0 fully saturated rings. The van der Waals surface area contributed by atoms with Crippen molar-refractivity contribution in [2.75, 3.05) is 25.4 Å². The summed E-state index contributed by atoms with van der Waals surface area (Å²) >= 11 is 3.16. The first-order chi connectivity index (χ1) is 13.1. The van der Waals surface area contributed by atoms with Crippen LogP contribution in [0.4, 0.5) is 0 Å². The maximum Gasteiger partial charge on any atom is 0.328 e. The normalized spacial score (nSPS) is 11.7. The van der Waals surface area contributed by atoms with Crippen molar-refractivity contribution in [1.29, 1.82) is 0 Å². The molecule has 0 aliphatic rings. The van der Waals surface area contributed by atoms with Gasteiger partial charge in [-0.05, 0) is 36.8 Å². The van der Waals surface area contributed by atoms with Crippen molar-refractivity contribution in [2.24, 2.45) is 0 Å². The van der Waals surface area contributed by atoms with Crippen LogP contribution in [0.5, 0.6) is 5.75 Å². The molecule has 146 valence electrons. The predicted octanol–water partition coefficient (Wildman–Crippen LogP) is 3.00. The number of para-hydroxylation sites is 1. The Labute approximate surface area is 166 Å². The van der Waals surface area contributed by atoms with Crippen LogP contribution in [0.1, 0.15) is 22.7 Å². The van der Waals surface area contributed by atoms with Gasteiger partial charge >= 0.3 is 5.97 Å². The van der Waals surface area contributed by atoms with Crippen molar-refractivity contribution in [3.63, 3.8) is 0 Å². The van der Waals surface area contributed by atoms with Gasteiger partial charge in [0.1, 0.15) is 18.4 Å². The number of benzene rings is 1. The van der Waals surface area contributed by atoms with Crippen LogP contribution in [0, 0.1) is 0 Å². The number of esters is 1. The van der Waals surface area contributed by atoms with E-state index in [9.17, 15) is 9.59 Å². The molecule has 0 spiro atoms. The highest BCUT2D eigenvalue weighted by Gasteiger charge is 2.23. The molecule has 2 aromatic rings. The zero-order valence-electron chi connectivity index (χ0n) is 15.4. The lowest BCUT2D eigenvalue weighted by molar-refractivity contribution is -0.142. The Morgan fingerprint density at radius 2 is 2.07 bits per heavy atom. The summed E-state index contributed by atoms with van der Waals surface area (Å²) in [6.07, 6.45) is 4.36. The van der Waals surface area contributed by atoms with E-state index in [4.69, 9.17) is 14.0 Å². The van der Waals surface area contributed by atoms with Gasteiger partial charge in [0.25, 0.3) is 5.91 Å². The maximum absolute atomic E-state index is 12.3. The average molecular weight is 411 g/mol. The molecule has 0 saturated heterocycles. The summed E-state index contributed by atoms with van der Waals surface area (Å²) < 4.78 is 15.6. The highest BCUT2D eigenvalue weighted by Crippen LogP contribution is 2.27. The van der Waals surface area contributed by atoms with Gasteiger partial charge in [0.2, 0.25) is 0 Å².